The lowest BCUT2D eigenvalue weighted by Gasteiger charge is -2.28. The summed E-state index contributed by atoms with van der Waals surface area (Å²) in [5.74, 6) is 5.24. The van der Waals surface area contributed by atoms with Crippen LogP contribution in [0, 0.1) is 23.2 Å². The van der Waals surface area contributed by atoms with E-state index < -0.39 is 0 Å². The van der Waals surface area contributed by atoms with E-state index in [-0.39, 0.29) is 18.1 Å². The van der Waals surface area contributed by atoms with Crippen LogP contribution in [0.1, 0.15) is 38.2 Å². The van der Waals surface area contributed by atoms with E-state index in [1.165, 1.54) is 0 Å². The van der Waals surface area contributed by atoms with Gasteiger partial charge < -0.3 is 10.1 Å². The van der Waals surface area contributed by atoms with E-state index in [4.69, 9.17) is 10.00 Å². The van der Waals surface area contributed by atoms with E-state index in [1.54, 1.807) is 25.3 Å². The molecule has 1 aliphatic rings. The highest BCUT2D eigenvalue weighted by Gasteiger charge is 2.24. The zero-order valence-corrected chi connectivity index (χ0v) is 11.9. The molecule has 1 saturated carbocycles. The van der Waals surface area contributed by atoms with Crippen LogP contribution < -0.4 is 10.1 Å². The van der Waals surface area contributed by atoms with E-state index in [9.17, 15) is 4.79 Å². The Balaban J connectivity index is 1.85. The molecule has 1 aromatic heterocycles. The summed E-state index contributed by atoms with van der Waals surface area (Å²) in [5, 5.41) is 11.9. The summed E-state index contributed by atoms with van der Waals surface area (Å²) in [6, 6.07) is 5.63. The van der Waals surface area contributed by atoms with Crippen LogP contribution in [-0.4, -0.2) is 23.0 Å². The van der Waals surface area contributed by atoms with E-state index in [0.29, 0.717) is 11.4 Å². The van der Waals surface area contributed by atoms with Gasteiger partial charge in [-0.3, -0.25) is 4.79 Å². The smallest absolute Gasteiger partial charge is 0.296 e. The summed E-state index contributed by atoms with van der Waals surface area (Å²) in [6.45, 7) is 1.64. The zero-order valence-electron chi connectivity index (χ0n) is 11.9. The van der Waals surface area contributed by atoms with E-state index in [2.05, 4.69) is 28.2 Å². The van der Waals surface area contributed by atoms with E-state index in [1.807, 2.05) is 0 Å². The van der Waals surface area contributed by atoms with Gasteiger partial charge in [-0.25, -0.2) is 4.98 Å². The third kappa shape index (κ3) is 4.22. The van der Waals surface area contributed by atoms with Crippen molar-refractivity contribution in [3.63, 3.8) is 0 Å². The molecule has 21 heavy (non-hydrogen) atoms. The maximum absolute atomic E-state index is 11.4. The lowest BCUT2D eigenvalue weighted by atomic mass is 9.93. The van der Waals surface area contributed by atoms with Crippen molar-refractivity contribution in [1.29, 1.82) is 5.26 Å². The second-order valence-corrected chi connectivity index (χ2v) is 4.91. The van der Waals surface area contributed by atoms with Crippen LogP contribution in [0.25, 0.3) is 0 Å². The lowest BCUT2D eigenvalue weighted by Crippen LogP contribution is -2.39. The summed E-state index contributed by atoms with van der Waals surface area (Å²) in [4.78, 5) is 15.5. The fraction of sp³-hybridized carbons (Fsp3) is 0.438. The van der Waals surface area contributed by atoms with Crippen molar-refractivity contribution in [3.8, 4) is 23.8 Å². The van der Waals surface area contributed by atoms with Crippen molar-refractivity contribution >= 4 is 5.91 Å². The van der Waals surface area contributed by atoms with Gasteiger partial charge in [-0.1, -0.05) is 5.92 Å². The van der Waals surface area contributed by atoms with Gasteiger partial charge in [-0.2, -0.15) is 5.26 Å². The minimum Gasteiger partial charge on any atom is -0.473 e. The molecule has 0 bridgehead atoms. The van der Waals surface area contributed by atoms with Crippen LogP contribution in [0.2, 0.25) is 0 Å². The second-order valence-electron chi connectivity index (χ2n) is 4.91. The van der Waals surface area contributed by atoms with Gasteiger partial charge in [0, 0.05) is 12.2 Å². The number of ether oxygens (including phenoxy) is 1. The molecule has 0 spiro atoms. The molecule has 1 N–H and O–H groups in total. The summed E-state index contributed by atoms with van der Waals surface area (Å²) in [5.41, 5.74) is 0.450. The van der Waals surface area contributed by atoms with Gasteiger partial charge in [-0.15, -0.1) is 0 Å². The van der Waals surface area contributed by atoms with Crippen molar-refractivity contribution in [3.05, 3.63) is 23.9 Å². The fourth-order valence-electron chi connectivity index (χ4n) is 2.39. The monoisotopic (exact) mass is 283 g/mol. The summed E-state index contributed by atoms with van der Waals surface area (Å²) in [6.07, 6.45) is 4.99. The number of amides is 1. The Morgan fingerprint density at radius 2 is 2.19 bits per heavy atom. The highest BCUT2D eigenvalue weighted by molar-refractivity contribution is 5.93. The van der Waals surface area contributed by atoms with Gasteiger partial charge in [0.1, 0.15) is 17.7 Å². The Hall–Kier alpha value is -2.53. The average molecular weight is 283 g/mol. The van der Waals surface area contributed by atoms with Crippen LogP contribution in [-0.2, 0) is 4.79 Å². The molecular weight excluding hydrogens is 266 g/mol. The molecule has 108 valence electrons. The minimum atomic E-state index is -0.224. The molecular formula is C16H17N3O2. The molecule has 1 fully saturated rings. The van der Waals surface area contributed by atoms with Gasteiger partial charge in [0.2, 0.25) is 5.88 Å². The molecule has 5 heteroatoms. The Kier molecular flexibility index (Phi) is 5.17. The van der Waals surface area contributed by atoms with Gasteiger partial charge in [-0.05, 0) is 50.7 Å². The standard InChI is InChI=1S/C16H17N3O2/c1-2-4-15(20)19-13-6-8-14(9-7-13)21-16-12(11-17)5-3-10-18-16/h3,5,10,13-14H,6-9H2,1H3,(H,19,20). The van der Waals surface area contributed by atoms with E-state index in [0.717, 1.165) is 25.7 Å². The Bertz CT molecular complexity index is 602. The number of carbonyl (C=O) groups excluding carboxylic acids is 1. The fourth-order valence-corrected chi connectivity index (χ4v) is 2.39. The molecule has 1 amide bonds. The first-order valence-corrected chi connectivity index (χ1v) is 6.98. The van der Waals surface area contributed by atoms with Gasteiger partial charge in [0.05, 0.1) is 0 Å². The molecule has 0 radical (unpaired) electrons. The molecule has 0 atom stereocenters. The van der Waals surface area contributed by atoms with Crippen molar-refractivity contribution in [2.45, 2.75) is 44.8 Å². The number of aromatic nitrogens is 1. The van der Waals surface area contributed by atoms with Gasteiger partial charge in [0.25, 0.3) is 5.91 Å². The van der Waals surface area contributed by atoms with Gasteiger partial charge >= 0.3 is 0 Å². The number of nitrogens with one attached hydrogen (secondary N) is 1. The number of nitriles is 1. The van der Waals surface area contributed by atoms with Crippen LogP contribution in [0.15, 0.2) is 18.3 Å². The second kappa shape index (κ2) is 7.31. The van der Waals surface area contributed by atoms with Crippen LogP contribution in [0.3, 0.4) is 0 Å². The highest BCUT2D eigenvalue weighted by atomic mass is 16.5. The van der Waals surface area contributed by atoms with Crippen LogP contribution in [0.5, 0.6) is 5.88 Å². The number of rotatable bonds is 3. The Morgan fingerprint density at radius 1 is 1.43 bits per heavy atom. The first-order chi connectivity index (χ1) is 10.2. The molecule has 0 unspecified atom stereocenters. The predicted molar refractivity (Wildman–Crippen MR) is 77.2 cm³/mol. The third-order valence-corrected chi connectivity index (χ3v) is 3.42. The molecule has 0 aliphatic heterocycles. The quantitative estimate of drug-likeness (QED) is 0.858. The first kappa shape index (κ1) is 14.9. The number of carbonyl (C=O) groups is 1. The normalized spacial score (nSPS) is 20.6. The molecule has 0 saturated heterocycles. The summed E-state index contributed by atoms with van der Waals surface area (Å²) < 4.78 is 5.80. The number of nitrogens with zero attached hydrogens (tertiary/aromatic N) is 2. The summed E-state index contributed by atoms with van der Waals surface area (Å²) in [7, 11) is 0. The van der Waals surface area contributed by atoms with Crippen molar-refractivity contribution in [2.24, 2.45) is 0 Å². The first-order valence-electron chi connectivity index (χ1n) is 6.98. The SMILES string of the molecule is CC#CC(=O)NC1CCC(Oc2ncccc2C#N)CC1. The number of pyridine rings is 1. The zero-order chi connectivity index (χ0) is 15.1. The average Bonchev–Trinajstić information content (AvgIpc) is 2.50. The van der Waals surface area contributed by atoms with E-state index >= 15 is 0 Å². The molecule has 2 rings (SSSR count). The van der Waals surface area contributed by atoms with Crippen molar-refractivity contribution in [1.82, 2.24) is 10.3 Å². The maximum atomic E-state index is 11.4. The molecule has 5 nitrogen and oxygen atoms in total. The molecule has 0 aromatic carbocycles. The maximum Gasteiger partial charge on any atom is 0.296 e. The lowest BCUT2D eigenvalue weighted by molar-refractivity contribution is -0.116. The third-order valence-electron chi connectivity index (χ3n) is 3.42. The minimum absolute atomic E-state index is 0.0393. The predicted octanol–water partition coefficient (Wildman–Crippen LogP) is 1.78. The summed E-state index contributed by atoms with van der Waals surface area (Å²) >= 11 is 0. The Labute approximate surface area is 124 Å². The van der Waals surface area contributed by atoms with Gasteiger partial charge in [0.15, 0.2) is 0 Å². The highest BCUT2D eigenvalue weighted by Crippen LogP contribution is 2.24. The number of hydrogen-bond acceptors (Lipinski definition) is 4. The largest absolute Gasteiger partial charge is 0.473 e. The Morgan fingerprint density at radius 3 is 2.86 bits per heavy atom. The molecule has 1 aliphatic carbocycles. The van der Waals surface area contributed by atoms with Crippen LogP contribution in [0.4, 0.5) is 0 Å². The van der Waals surface area contributed by atoms with Crippen molar-refractivity contribution in [2.75, 3.05) is 0 Å². The topological polar surface area (TPSA) is 75.0 Å². The molecule has 1 heterocycles. The van der Waals surface area contributed by atoms with Crippen molar-refractivity contribution < 1.29 is 9.53 Å². The number of hydrogen-bond donors (Lipinski definition) is 1. The molecule has 1 aromatic rings. The van der Waals surface area contributed by atoms with Crippen LogP contribution >= 0.6 is 0 Å².